The number of hydrogen-bond acceptors (Lipinski definition) is 3. The van der Waals surface area contributed by atoms with E-state index in [-0.39, 0.29) is 5.56 Å². The van der Waals surface area contributed by atoms with Gasteiger partial charge in [-0.25, -0.2) is 9.78 Å². The molecule has 17 heavy (non-hydrogen) atoms. The first-order chi connectivity index (χ1) is 8.13. The number of aromatic nitrogens is 2. The van der Waals surface area contributed by atoms with E-state index < -0.39 is 5.97 Å². The van der Waals surface area contributed by atoms with Crippen molar-refractivity contribution in [2.45, 2.75) is 6.42 Å². The molecule has 2 heterocycles. The monoisotopic (exact) mass is 253 g/mol. The van der Waals surface area contributed by atoms with E-state index in [0.717, 1.165) is 17.9 Å². The Bertz CT molecular complexity index is 565. The summed E-state index contributed by atoms with van der Waals surface area (Å²) in [6, 6.07) is 3.19. The van der Waals surface area contributed by atoms with Gasteiger partial charge >= 0.3 is 5.97 Å². The average Bonchev–Trinajstić information content (AvgIpc) is 2.63. The van der Waals surface area contributed by atoms with Crippen LogP contribution in [0.4, 0.5) is 0 Å². The Morgan fingerprint density at radius 3 is 3.00 bits per heavy atom. The highest BCUT2D eigenvalue weighted by Crippen LogP contribution is 2.19. The number of likely N-dealkylation sites (N-methyl/N-ethyl adjacent to an activating group) is 1. The van der Waals surface area contributed by atoms with Gasteiger partial charge in [0.15, 0.2) is 5.15 Å². The molecular weight excluding hydrogens is 242 g/mol. The largest absolute Gasteiger partial charge is 0.478 e. The van der Waals surface area contributed by atoms with Gasteiger partial charge in [0.05, 0.1) is 11.1 Å². The summed E-state index contributed by atoms with van der Waals surface area (Å²) in [6.45, 7) is 0.757. The summed E-state index contributed by atoms with van der Waals surface area (Å²) in [5.41, 5.74) is 0.944. The van der Waals surface area contributed by atoms with E-state index in [2.05, 4.69) is 10.3 Å². The minimum Gasteiger partial charge on any atom is -0.478 e. The van der Waals surface area contributed by atoms with Crippen LogP contribution in [0.1, 0.15) is 16.2 Å². The lowest BCUT2D eigenvalue weighted by Crippen LogP contribution is -2.12. The Labute approximate surface area is 103 Å². The van der Waals surface area contributed by atoms with Crippen LogP contribution in [0.5, 0.6) is 0 Å². The van der Waals surface area contributed by atoms with Crippen molar-refractivity contribution < 1.29 is 9.90 Å². The van der Waals surface area contributed by atoms with Gasteiger partial charge in [-0.2, -0.15) is 0 Å². The number of carboxylic acids is 1. The maximum atomic E-state index is 10.9. The zero-order valence-electron chi connectivity index (χ0n) is 9.27. The third-order valence-corrected chi connectivity index (χ3v) is 2.79. The van der Waals surface area contributed by atoms with Crippen LogP contribution < -0.4 is 5.32 Å². The zero-order valence-corrected chi connectivity index (χ0v) is 10.0. The molecule has 2 rings (SSSR count). The third kappa shape index (κ3) is 2.25. The Balaban J connectivity index is 2.52. The van der Waals surface area contributed by atoms with E-state index in [0.29, 0.717) is 11.6 Å². The van der Waals surface area contributed by atoms with Crippen LogP contribution in [0.25, 0.3) is 5.52 Å². The van der Waals surface area contributed by atoms with Gasteiger partial charge < -0.3 is 14.8 Å². The van der Waals surface area contributed by atoms with Crippen molar-refractivity contribution in [1.82, 2.24) is 14.7 Å². The van der Waals surface area contributed by atoms with Gasteiger partial charge in [-0.3, -0.25) is 0 Å². The summed E-state index contributed by atoms with van der Waals surface area (Å²) in [6.07, 6.45) is 2.23. The molecular formula is C11H12ClN3O2. The topological polar surface area (TPSA) is 66.6 Å². The average molecular weight is 254 g/mol. The van der Waals surface area contributed by atoms with Crippen molar-refractivity contribution in [3.8, 4) is 0 Å². The first-order valence-electron chi connectivity index (χ1n) is 5.18. The van der Waals surface area contributed by atoms with Crippen LogP contribution in [0.3, 0.4) is 0 Å². The predicted octanol–water partition coefficient (Wildman–Crippen LogP) is 1.45. The zero-order chi connectivity index (χ0) is 12.4. The lowest BCUT2D eigenvalue weighted by atomic mass is 10.2. The fourth-order valence-corrected chi connectivity index (χ4v) is 1.90. The maximum Gasteiger partial charge on any atom is 0.337 e. The number of imidazole rings is 1. The summed E-state index contributed by atoms with van der Waals surface area (Å²) in [7, 11) is 1.85. The number of carbonyl (C=O) groups is 1. The molecule has 0 aromatic carbocycles. The number of fused-ring (bicyclic) bond motifs is 1. The number of pyridine rings is 1. The second kappa shape index (κ2) is 4.73. The normalized spacial score (nSPS) is 10.9. The molecule has 2 aromatic heterocycles. The summed E-state index contributed by atoms with van der Waals surface area (Å²) in [5.74, 6) is -0.210. The van der Waals surface area contributed by atoms with Gasteiger partial charge in [-0.15, -0.1) is 0 Å². The minimum absolute atomic E-state index is 0.220. The van der Waals surface area contributed by atoms with E-state index in [4.69, 9.17) is 16.7 Å². The Morgan fingerprint density at radius 2 is 2.35 bits per heavy atom. The molecule has 2 aromatic rings. The van der Waals surface area contributed by atoms with E-state index in [1.807, 2.05) is 7.05 Å². The molecule has 2 N–H and O–H groups in total. The van der Waals surface area contributed by atoms with E-state index in [9.17, 15) is 4.79 Å². The Kier molecular flexibility index (Phi) is 3.31. The fraction of sp³-hybridized carbons (Fsp3) is 0.273. The van der Waals surface area contributed by atoms with Gasteiger partial charge in [-0.05, 0) is 19.2 Å². The van der Waals surface area contributed by atoms with E-state index in [1.165, 1.54) is 6.07 Å². The first-order valence-corrected chi connectivity index (χ1v) is 5.55. The number of halogens is 1. The molecule has 0 spiro atoms. The van der Waals surface area contributed by atoms with E-state index in [1.54, 1.807) is 16.7 Å². The summed E-state index contributed by atoms with van der Waals surface area (Å²) >= 11 is 5.99. The molecule has 0 atom stereocenters. The van der Waals surface area contributed by atoms with Crippen LogP contribution in [0, 0.1) is 0 Å². The van der Waals surface area contributed by atoms with Crippen LogP contribution in [0.2, 0.25) is 5.15 Å². The molecule has 90 valence electrons. The second-order valence-electron chi connectivity index (χ2n) is 3.65. The van der Waals surface area contributed by atoms with Crippen molar-refractivity contribution in [3.63, 3.8) is 0 Å². The number of aromatic carboxylic acids is 1. The van der Waals surface area contributed by atoms with Gasteiger partial charge in [-0.1, -0.05) is 11.6 Å². The molecule has 0 fully saturated rings. The standard InChI is InChI=1S/C11H12ClN3O2/c1-13-5-4-9-14-10(12)8-3-2-7(11(16)17)6-15(8)9/h2-3,6,13H,4-5H2,1H3,(H,16,17). The molecule has 0 aliphatic carbocycles. The van der Waals surface area contributed by atoms with E-state index >= 15 is 0 Å². The summed E-state index contributed by atoms with van der Waals surface area (Å²) < 4.78 is 1.73. The quantitative estimate of drug-likeness (QED) is 0.866. The van der Waals surface area contributed by atoms with Crippen LogP contribution in [-0.2, 0) is 6.42 Å². The lowest BCUT2D eigenvalue weighted by Gasteiger charge is -2.02. The minimum atomic E-state index is -0.962. The van der Waals surface area contributed by atoms with Crippen molar-refractivity contribution in [2.75, 3.05) is 13.6 Å². The Morgan fingerprint density at radius 1 is 1.59 bits per heavy atom. The van der Waals surface area contributed by atoms with Crippen LogP contribution >= 0.6 is 11.6 Å². The number of hydrogen-bond donors (Lipinski definition) is 2. The Hall–Kier alpha value is -1.59. The molecule has 5 nitrogen and oxygen atoms in total. The molecule has 0 bridgehead atoms. The smallest absolute Gasteiger partial charge is 0.337 e. The summed E-state index contributed by atoms with van der Waals surface area (Å²) in [5, 5.41) is 12.4. The van der Waals surface area contributed by atoms with Crippen molar-refractivity contribution in [2.24, 2.45) is 0 Å². The fourth-order valence-electron chi connectivity index (χ4n) is 1.65. The van der Waals surface area contributed by atoms with Crippen molar-refractivity contribution in [1.29, 1.82) is 0 Å². The molecule has 0 saturated heterocycles. The molecule has 0 aliphatic rings. The number of nitrogens with one attached hydrogen (secondary N) is 1. The van der Waals surface area contributed by atoms with Crippen molar-refractivity contribution >= 4 is 23.1 Å². The maximum absolute atomic E-state index is 10.9. The number of nitrogens with zero attached hydrogens (tertiary/aromatic N) is 2. The van der Waals surface area contributed by atoms with Gasteiger partial charge in [0.2, 0.25) is 0 Å². The number of carboxylic acid groups (broad SMARTS) is 1. The molecule has 0 saturated carbocycles. The summed E-state index contributed by atoms with van der Waals surface area (Å²) in [4.78, 5) is 15.1. The predicted molar refractivity (Wildman–Crippen MR) is 64.8 cm³/mol. The molecule has 0 amide bonds. The second-order valence-corrected chi connectivity index (χ2v) is 4.01. The molecule has 0 unspecified atom stereocenters. The number of rotatable bonds is 4. The third-order valence-electron chi connectivity index (χ3n) is 2.51. The van der Waals surface area contributed by atoms with Gasteiger partial charge in [0, 0.05) is 19.2 Å². The van der Waals surface area contributed by atoms with Crippen molar-refractivity contribution in [3.05, 3.63) is 34.9 Å². The van der Waals surface area contributed by atoms with Gasteiger partial charge in [0.1, 0.15) is 5.82 Å². The van der Waals surface area contributed by atoms with Crippen LogP contribution in [-0.4, -0.2) is 34.1 Å². The highest BCUT2D eigenvalue weighted by molar-refractivity contribution is 6.32. The highest BCUT2D eigenvalue weighted by Gasteiger charge is 2.11. The molecule has 0 radical (unpaired) electrons. The first kappa shape index (κ1) is 11.9. The van der Waals surface area contributed by atoms with Gasteiger partial charge in [0.25, 0.3) is 0 Å². The molecule has 0 aliphatic heterocycles. The van der Waals surface area contributed by atoms with Crippen LogP contribution in [0.15, 0.2) is 18.3 Å². The molecule has 6 heteroatoms. The SMILES string of the molecule is CNCCc1nc(Cl)c2ccc(C(=O)O)cn12. The lowest BCUT2D eigenvalue weighted by molar-refractivity contribution is 0.0696. The highest BCUT2D eigenvalue weighted by atomic mass is 35.5.